The van der Waals surface area contributed by atoms with Crippen molar-refractivity contribution in [2.24, 2.45) is 0 Å². The monoisotopic (exact) mass is 343 g/mol. The van der Waals surface area contributed by atoms with Crippen LogP contribution in [0.2, 0.25) is 10.0 Å². The zero-order valence-electron chi connectivity index (χ0n) is 11.9. The van der Waals surface area contributed by atoms with Gasteiger partial charge in [0.15, 0.2) is 0 Å². The van der Waals surface area contributed by atoms with Gasteiger partial charge in [-0.3, -0.25) is 5.01 Å². The number of anilines is 1. The van der Waals surface area contributed by atoms with E-state index in [1.165, 1.54) is 0 Å². The first-order chi connectivity index (χ1) is 11.2. The zero-order chi connectivity index (χ0) is 16.2. The van der Waals surface area contributed by atoms with Crippen LogP contribution in [0.5, 0.6) is 0 Å². The van der Waals surface area contributed by atoms with Gasteiger partial charge in [0.25, 0.3) is 0 Å². The second kappa shape index (κ2) is 6.69. The summed E-state index contributed by atoms with van der Waals surface area (Å²) in [5.74, 6) is 0. The van der Waals surface area contributed by atoms with Crippen molar-refractivity contribution < 1.29 is 0 Å². The molecular formula is C16H11Cl2N5. The lowest BCUT2D eigenvalue weighted by atomic mass is 10.2. The normalized spacial score (nSPS) is 10.3. The average molecular weight is 344 g/mol. The molecule has 0 atom stereocenters. The Balaban J connectivity index is 1.95. The first kappa shape index (κ1) is 15.3. The maximum absolute atomic E-state index is 8.93. The molecule has 0 spiro atoms. The third-order valence-electron chi connectivity index (χ3n) is 3.30. The van der Waals surface area contributed by atoms with Crippen LogP contribution < -0.4 is 5.01 Å². The highest BCUT2D eigenvalue weighted by Gasteiger charge is 2.11. The summed E-state index contributed by atoms with van der Waals surface area (Å²) in [6, 6.07) is 14.9. The fraction of sp³-hybridized carbons (Fsp3) is 0.0625. The van der Waals surface area contributed by atoms with Gasteiger partial charge in [-0.15, -0.1) is 10.2 Å². The summed E-state index contributed by atoms with van der Waals surface area (Å²) in [6.07, 6.45) is 3.21. The SMILES string of the molecule is N#Cc1ccc(N(Cc2ccc(Cl)c(Cl)c2)n2cnnc2)cc1. The smallest absolute Gasteiger partial charge is 0.139 e. The topological polar surface area (TPSA) is 57.7 Å². The Hall–Kier alpha value is -2.55. The van der Waals surface area contributed by atoms with E-state index in [1.807, 2.05) is 29.3 Å². The molecule has 0 saturated heterocycles. The van der Waals surface area contributed by atoms with Gasteiger partial charge in [0.05, 0.1) is 33.9 Å². The minimum atomic E-state index is 0.507. The molecule has 0 aliphatic rings. The molecule has 114 valence electrons. The molecule has 0 unspecified atom stereocenters. The molecule has 0 saturated carbocycles. The minimum Gasteiger partial charge on any atom is -0.274 e. The molecule has 0 bridgehead atoms. The largest absolute Gasteiger partial charge is 0.274 e. The van der Waals surface area contributed by atoms with Gasteiger partial charge in [-0.2, -0.15) is 5.26 Å². The van der Waals surface area contributed by atoms with Gasteiger partial charge < -0.3 is 0 Å². The Labute approximate surface area is 143 Å². The van der Waals surface area contributed by atoms with Crippen molar-refractivity contribution in [3.63, 3.8) is 0 Å². The van der Waals surface area contributed by atoms with Gasteiger partial charge in [0.1, 0.15) is 12.7 Å². The first-order valence-electron chi connectivity index (χ1n) is 6.74. The molecule has 0 fully saturated rings. The minimum absolute atomic E-state index is 0.507. The first-order valence-corrected chi connectivity index (χ1v) is 7.49. The van der Waals surface area contributed by atoms with Gasteiger partial charge in [-0.25, -0.2) is 4.68 Å². The highest BCUT2D eigenvalue weighted by molar-refractivity contribution is 6.42. The number of aromatic nitrogens is 3. The van der Waals surface area contributed by atoms with Crippen molar-refractivity contribution in [3.8, 4) is 6.07 Å². The van der Waals surface area contributed by atoms with Crippen LogP contribution in [0.1, 0.15) is 11.1 Å². The summed E-state index contributed by atoms with van der Waals surface area (Å²) in [7, 11) is 0. The fourth-order valence-electron chi connectivity index (χ4n) is 2.15. The van der Waals surface area contributed by atoms with E-state index in [9.17, 15) is 0 Å². The maximum atomic E-state index is 8.93. The van der Waals surface area contributed by atoms with Crippen LogP contribution in [-0.2, 0) is 6.54 Å². The number of halogens is 2. The number of nitrogens with zero attached hydrogens (tertiary/aromatic N) is 5. The molecule has 0 amide bonds. The lowest BCUT2D eigenvalue weighted by Gasteiger charge is -2.25. The summed E-state index contributed by atoms with van der Waals surface area (Å²) in [5, 5.41) is 19.6. The van der Waals surface area contributed by atoms with E-state index >= 15 is 0 Å². The number of benzene rings is 2. The quantitative estimate of drug-likeness (QED) is 0.720. The van der Waals surface area contributed by atoms with Crippen molar-refractivity contribution in [2.45, 2.75) is 6.54 Å². The van der Waals surface area contributed by atoms with E-state index in [2.05, 4.69) is 16.3 Å². The van der Waals surface area contributed by atoms with E-state index in [4.69, 9.17) is 28.5 Å². The van der Waals surface area contributed by atoms with E-state index in [0.717, 1.165) is 11.3 Å². The second-order valence-corrected chi connectivity index (χ2v) is 5.62. The summed E-state index contributed by atoms with van der Waals surface area (Å²) < 4.78 is 1.77. The van der Waals surface area contributed by atoms with E-state index in [1.54, 1.807) is 35.5 Å². The Kier molecular flexibility index (Phi) is 4.47. The van der Waals surface area contributed by atoms with Crippen molar-refractivity contribution in [2.75, 3.05) is 5.01 Å². The molecule has 5 nitrogen and oxygen atoms in total. The average Bonchev–Trinajstić information content (AvgIpc) is 3.10. The van der Waals surface area contributed by atoms with Crippen molar-refractivity contribution >= 4 is 28.9 Å². The third kappa shape index (κ3) is 3.45. The van der Waals surface area contributed by atoms with E-state index in [-0.39, 0.29) is 0 Å². The van der Waals surface area contributed by atoms with Gasteiger partial charge in [0.2, 0.25) is 0 Å². The standard InChI is InChI=1S/C16H11Cl2N5/c17-15-6-3-13(7-16(15)18)9-23(22-10-20-21-11-22)14-4-1-12(8-19)2-5-14/h1-7,10-11H,9H2. The predicted molar refractivity (Wildman–Crippen MR) is 89.2 cm³/mol. The summed E-state index contributed by atoms with van der Waals surface area (Å²) in [4.78, 5) is 0. The summed E-state index contributed by atoms with van der Waals surface area (Å²) in [5.41, 5.74) is 2.49. The molecule has 0 aliphatic heterocycles. The Morgan fingerprint density at radius 3 is 2.30 bits per heavy atom. The fourth-order valence-corrected chi connectivity index (χ4v) is 2.47. The van der Waals surface area contributed by atoms with Crippen LogP contribution in [0.4, 0.5) is 5.69 Å². The van der Waals surface area contributed by atoms with Crippen LogP contribution in [0.15, 0.2) is 55.1 Å². The maximum Gasteiger partial charge on any atom is 0.139 e. The molecule has 0 N–H and O–H groups in total. The van der Waals surface area contributed by atoms with Crippen LogP contribution in [0, 0.1) is 11.3 Å². The molecule has 3 aromatic rings. The Morgan fingerprint density at radius 2 is 1.70 bits per heavy atom. The molecule has 2 aromatic carbocycles. The lowest BCUT2D eigenvalue weighted by Crippen LogP contribution is -2.27. The number of rotatable bonds is 4. The molecular weight excluding hydrogens is 333 g/mol. The molecule has 7 heteroatoms. The van der Waals surface area contributed by atoms with Crippen LogP contribution >= 0.6 is 23.2 Å². The predicted octanol–water partition coefficient (Wildman–Crippen LogP) is 3.93. The third-order valence-corrected chi connectivity index (χ3v) is 4.04. The molecule has 1 aromatic heterocycles. The van der Waals surface area contributed by atoms with E-state index in [0.29, 0.717) is 22.2 Å². The molecule has 0 radical (unpaired) electrons. The highest BCUT2D eigenvalue weighted by atomic mass is 35.5. The van der Waals surface area contributed by atoms with E-state index < -0.39 is 0 Å². The Morgan fingerprint density at radius 1 is 1.00 bits per heavy atom. The van der Waals surface area contributed by atoms with Crippen molar-refractivity contribution in [3.05, 3.63) is 76.3 Å². The van der Waals surface area contributed by atoms with Crippen LogP contribution in [-0.4, -0.2) is 14.9 Å². The molecule has 1 heterocycles. The summed E-state index contributed by atoms with van der Waals surface area (Å²) >= 11 is 12.1. The van der Waals surface area contributed by atoms with Crippen LogP contribution in [0.25, 0.3) is 0 Å². The van der Waals surface area contributed by atoms with Gasteiger partial charge >= 0.3 is 0 Å². The zero-order valence-corrected chi connectivity index (χ0v) is 13.4. The van der Waals surface area contributed by atoms with Crippen molar-refractivity contribution in [1.82, 2.24) is 14.9 Å². The lowest BCUT2D eigenvalue weighted by molar-refractivity contribution is 0.686. The number of hydrogen-bond donors (Lipinski definition) is 0. The van der Waals surface area contributed by atoms with Crippen LogP contribution in [0.3, 0.4) is 0 Å². The van der Waals surface area contributed by atoms with Gasteiger partial charge in [0, 0.05) is 0 Å². The number of nitriles is 1. The van der Waals surface area contributed by atoms with Gasteiger partial charge in [-0.1, -0.05) is 29.3 Å². The van der Waals surface area contributed by atoms with Gasteiger partial charge in [-0.05, 0) is 42.0 Å². The molecule has 3 rings (SSSR count). The Bertz CT molecular complexity index is 838. The molecule has 0 aliphatic carbocycles. The molecule has 23 heavy (non-hydrogen) atoms. The second-order valence-electron chi connectivity index (χ2n) is 4.81. The summed E-state index contributed by atoms with van der Waals surface area (Å²) in [6.45, 7) is 0.542. The highest BCUT2D eigenvalue weighted by Crippen LogP contribution is 2.25. The van der Waals surface area contributed by atoms with Crippen molar-refractivity contribution in [1.29, 1.82) is 5.26 Å². The number of hydrogen-bond acceptors (Lipinski definition) is 4.